The van der Waals surface area contributed by atoms with Gasteiger partial charge in [-0.05, 0) is 24.1 Å². The number of benzene rings is 2. The zero-order valence-electron chi connectivity index (χ0n) is 16.0. The zero-order chi connectivity index (χ0) is 21.0. The molecule has 0 unspecified atom stereocenters. The van der Waals surface area contributed by atoms with Crippen molar-refractivity contribution in [1.29, 1.82) is 0 Å². The molecule has 3 aromatic rings. The van der Waals surface area contributed by atoms with Crippen LogP contribution in [-0.4, -0.2) is 32.0 Å². The summed E-state index contributed by atoms with van der Waals surface area (Å²) in [4.78, 5) is 39.3. The minimum atomic E-state index is -0.671. The predicted molar refractivity (Wildman–Crippen MR) is 111 cm³/mol. The van der Waals surface area contributed by atoms with Crippen LogP contribution in [0.15, 0.2) is 53.7 Å². The van der Waals surface area contributed by atoms with Gasteiger partial charge in [-0.3, -0.25) is 25.0 Å². The van der Waals surface area contributed by atoms with Gasteiger partial charge in [-0.15, -0.1) is 0 Å². The van der Waals surface area contributed by atoms with Crippen molar-refractivity contribution in [3.05, 3.63) is 64.2 Å². The van der Waals surface area contributed by atoms with E-state index < -0.39 is 16.7 Å². The lowest BCUT2D eigenvalue weighted by Gasteiger charge is -2.11. The highest BCUT2D eigenvalue weighted by Crippen LogP contribution is 2.25. The van der Waals surface area contributed by atoms with Gasteiger partial charge in [0.05, 0.1) is 21.7 Å². The van der Waals surface area contributed by atoms with Crippen LogP contribution in [0.2, 0.25) is 0 Å². The van der Waals surface area contributed by atoms with Crippen LogP contribution in [0, 0.1) is 16.0 Å². The molecule has 0 aliphatic rings. The summed E-state index contributed by atoms with van der Waals surface area (Å²) >= 11 is 1.25. The van der Waals surface area contributed by atoms with E-state index in [2.05, 4.69) is 28.7 Å². The number of nitro groups is 1. The third-order valence-corrected chi connectivity index (χ3v) is 5.05. The number of carbonyl (C=O) groups excluding carboxylic acids is 2. The average Bonchev–Trinajstić information content (AvgIpc) is 3.03. The number of hydrogen-bond donors (Lipinski definition) is 1. The quantitative estimate of drug-likeness (QED) is 0.361. The Kier molecular flexibility index (Phi) is 6.28. The molecule has 0 fully saturated rings. The fourth-order valence-corrected chi connectivity index (χ4v) is 3.65. The van der Waals surface area contributed by atoms with Gasteiger partial charge in [-0.25, -0.2) is 4.98 Å². The third kappa shape index (κ3) is 5.00. The molecule has 2 aromatic carbocycles. The van der Waals surface area contributed by atoms with E-state index in [9.17, 15) is 19.7 Å². The van der Waals surface area contributed by atoms with Crippen LogP contribution < -0.4 is 5.32 Å². The number of rotatable bonds is 7. The van der Waals surface area contributed by atoms with Crippen molar-refractivity contribution in [3.8, 4) is 0 Å². The Balaban J connectivity index is 1.68. The van der Waals surface area contributed by atoms with Gasteiger partial charge in [0.15, 0.2) is 5.16 Å². The average molecular weight is 412 g/mol. The van der Waals surface area contributed by atoms with Crippen molar-refractivity contribution in [3.63, 3.8) is 0 Å². The van der Waals surface area contributed by atoms with Crippen molar-refractivity contribution >= 4 is 40.3 Å². The number of aromatic nitrogens is 2. The van der Waals surface area contributed by atoms with Crippen LogP contribution >= 0.6 is 11.8 Å². The van der Waals surface area contributed by atoms with E-state index in [1.807, 2.05) is 24.3 Å². The molecule has 0 bridgehead atoms. The monoisotopic (exact) mass is 412 g/mol. The first-order valence-electron chi connectivity index (χ1n) is 9.02. The Bertz CT molecular complexity index is 1080. The number of imidazole rings is 1. The minimum Gasteiger partial charge on any atom is -0.319 e. The van der Waals surface area contributed by atoms with Crippen molar-refractivity contribution in [2.75, 3.05) is 5.75 Å². The van der Waals surface area contributed by atoms with E-state index in [4.69, 9.17) is 0 Å². The molecule has 1 heterocycles. The highest BCUT2D eigenvalue weighted by atomic mass is 32.2. The minimum absolute atomic E-state index is 0.00207. The Morgan fingerprint density at radius 2 is 1.97 bits per heavy atom. The van der Waals surface area contributed by atoms with E-state index in [0.29, 0.717) is 11.1 Å². The van der Waals surface area contributed by atoms with Gasteiger partial charge in [-0.1, -0.05) is 43.8 Å². The smallest absolute Gasteiger partial charge is 0.270 e. The predicted octanol–water partition coefficient (Wildman–Crippen LogP) is 3.65. The van der Waals surface area contributed by atoms with Crippen molar-refractivity contribution in [2.45, 2.75) is 25.5 Å². The highest BCUT2D eigenvalue weighted by Gasteiger charge is 2.17. The molecular weight excluding hydrogens is 392 g/mol. The molecule has 0 saturated carbocycles. The zero-order valence-corrected chi connectivity index (χ0v) is 16.8. The van der Waals surface area contributed by atoms with E-state index in [0.717, 1.165) is 23.6 Å². The summed E-state index contributed by atoms with van der Waals surface area (Å²) in [6, 6.07) is 13.0. The van der Waals surface area contributed by atoms with Crippen molar-refractivity contribution in [1.82, 2.24) is 14.9 Å². The number of amides is 2. The van der Waals surface area contributed by atoms with Gasteiger partial charge < -0.3 is 4.57 Å². The number of nitrogens with zero attached hydrogens (tertiary/aromatic N) is 3. The lowest BCUT2D eigenvalue weighted by molar-refractivity contribution is -0.384. The fraction of sp³-hybridized carbons (Fsp3) is 0.250. The largest absolute Gasteiger partial charge is 0.319 e. The molecule has 0 saturated heterocycles. The van der Waals surface area contributed by atoms with E-state index in [1.165, 1.54) is 30.0 Å². The third-order valence-electron chi connectivity index (χ3n) is 4.07. The number of fused-ring (bicyclic) bond motifs is 1. The molecule has 0 spiro atoms. The normalized spacial score (nSPS) is 11.0. The van der Waals surface area contributed by atoms with Crippen LogP contribution in [-0.2, 0) is 11.3 Å². The molecule has 3 rings (SSSR count). The number of imide groups is 1. The van der Waals surface area contributed by atoms with Gasteiger partial charge >= 0.3 is 0 Å². The van der Waals surface area contributed by atoms with Crippen LogP contribution in [0.25, 0.3) is 11.0 Å². The van der Waals surface area contributed by atoms with Crippen molar-refractivity contribution in [2.24, 2.45) is 5.92 Å². The fourth-order valence-electron chi connectivity index (χ4n) is 2.83. The summed E-state index contributed by atoms with van der Waals surface area (Å²) in [5.74, 6) is -0.761. The highest BCUT2D eigenvalue weighted by molar-refractivity contribution is 7.99. The number of thioether (sulfide) groups is 1. The second kappa shape index (κ2) is 8.87. The molecule has 9 heteroatoms. The maximum absolute atomic E-state index is 12.2. The summed E-state index contributed by atoms with van der Waals surface area (Å²) in [6.45, 7) is 4.97. The number of nitrogens with one attached hydrogen (secondary N) is 1. The second-order valence-electron chi connectivity index (χ2n) is 6.86. The van der Waals surface area contributed by atoms with E-state index in [-0.39, 0.29) is 17.0 Å². The molecule has 150 valence electrons. The van der Waals surface area contributed by atoms with Crippen molar-refractivity contribution < 1.29 is 14.5 Å². The molecule has 2 amide bonds. The summed E-state index contributed by atoms with van der Waals surface area (Å²) in [7, 11) is 0. The number of carbonyl (C=O) groups is 2. The molecule has 0 atom stereocenters. The van der Waals surface area contributed by atoms with E-state index in [1.54, 1.807) is 0 Å². The molecule has 1 N–H and O–H groups in total. The summed E-state index contributed by atoms with van der Waals surface area (Å²) in [6.07, 6.45) is 0. The maximum Gasteiger partial charge on any atom is 0.270 e. The lowest BCUT2D eigenvalue weighted by Crippen LogP contribution is -2.32. The van der Waals surface area contributed by atoms with Gasteiger partial charge in [-0.2, -0.15) is 0 Å². The van der Waals surface area contributed by atoms with Gasteiger partial charge in [0, 0.05) is 24.2 Å². The first kappa shape index (κ1) is 20.5. The number of para-hydroxylation sites is 2. The van der Waals surface area contributed by atoms with E-state index >= 15 is 0 Å². The lowest BCUT2D eigenvalue weighted by atomic mass is 10.2. The Hall–Kier alpha value is -3.20. The molecule has 0 aliphatic heterocycles. The molecule has 8 nitrogen and oxygen atoms in total. The molecule has 0 radical (unpaired) electrons. The SMILES string of the molecule is CC(C)Cn1c(SCC(=O)NC(=O)c2cccc([N+](=O)[O-])c2)nc2ccccc21. The molecule has 29 heavy (non-hydrogen) atoms. The number of non-ortho nitro benzene ring substituents is 1. The molecule has 1 aromatic heterocycles. The maximum atomic E-state index is 12.2. The Labute approximate surface area is 171 Å². The topological polar surface area (TPSA) is 107 Å². The van der Waals surface area contributed by atoms with Crippen LogP contribution in [0.4, 0.5) is 5.69 Å². The first-order chi connectivity index (χ1) is 13.8. The van der Waals surface area contributed by atoms with Crippen LogP contribution in [0.5, 0.6) is 0 Å². The molecular formula is C20H20N4O4S. The summed E-state index contributed by atoms with van der Waals surface area (Å²) in [5.41, 5.74) is 1.70. The summed E-state index contributed by atoms with van der Waals surface area (Å²) < 4.78 is 2.07. The second-order valence-corrected chi connectivity index (χ2v) is 7.80. The van der Waals surface area contributed by atoms with Crippen LogP contribution in [0.3, 0.4) is 0 Å². The van der Waals surface area contributed by atoms with Gasteiger partial charge in [0.25, 0.3) is 11.6 Å². The Morgan fingerprint density at radius 1 is 1.21 bits per heavy atom. The number of nitro benzene ring substituents is 1. The number of hydrogen-bond acceptors (Lipinski definition) is 6. The Morgan fingerprint density at radius 3 is 2.69 bits per heavy atom. The first-order valence-corrected chi connectivity index (χ1v) is 10.0. The van der Waals surface area contributed by atoms with Gasteiger partial charge in [0.1, 0.15) is 0 Å². The summed E-state index contributed by atoms with van der Waals surface area (Å²) in [5, 5.41) is 13.8. The van der Waals surface area contributed by atoms with Gasteiger partial charge in [0.2, 0.25) is 5.91 Å². The standard InChI is InChI=1S/C20H20N4O4S/c1-13(2)11-23-17-9-4-3-8-16(17)21-20(23)29-12-18(25)22-19(26)14-6-5-7-15(10-14)24(27)28/h3-10,13H,11-12H2,1-2H3,(H,22,25,26). The van der Waals surface area contributed by atoms with Crippen LogP contribution in [0.1, 0.15) is 24.2 Å². The molecule has 0 aliphatic carbocycles.